The van der Waals surface area contributed by atoms with Gasteiger partial charge in [0, 0.05) is 0 Å². The summed E-state index contributed by atoms with van der Waals surface area (Å²) in [6.07, 6.45) is 17.1. The van der Waals surface area contributed by atoms with Gasteiger partial charge in [-0.15, -0.1) is 17.2 Å². The fraction of sp³-hybridized carbons (Fsp3) is 1.00. The number of hydrogen-bond donors (Lipinski definition) is 0. The zero-order chi connectivity index (χ0) is 14.1. The molecule has 0 aliphatic heterocycles. The van der Waals surface area contributed by atoms with Gasteiger partial charge in [0.25, 0.3) is 0 Å². The molecule has 0 N–H and O–H groups in total. The molecule has 0 fully saturated rings. The molecule has 0 bridgehead atoms. The molecule has 1 unspecified atom stereocenters. The van der Waals surface area contributed by atoms with Crippen LogP contribution in [0.4, 0.5) is 0 Å². The summed E-state index contributed by atoms with van der Waals surface area (Å²) in [5.74, 6) is 0. The topological polar surface area (TPSA) is 0 Å². The maximum absolute atomic E-state index is 2.70. The van der Waals surface area contributed by atoms with Crippen molar-refractivity contribution in [2.75, 3.05) is 24.6 Å². The van der Waals surface area contributed by atoms with E-state index in [-0.39, 0.29) is 0 Å². The van der Waals surface area contributed by atoms with Crippen LogP contribution in [-0.4, -0.2) is 24.6 Å². The Morgan fingerprint density at radius 1 is 0.611 bits per heavy atom. The highest BCUT2D eigenvalue weighted by molar-refractivity contribution is 7.57. The Bertz CT molecular complexity index is 105. The molecule has 0 heterocycles. The highest BCUT2D eigenvalue weighted by atomic mass is 31.1. The second kappa shape index (κ2) is 20.2. The predicted molar refractivity (Wildman–Crippen MR) is 95.7 cm³/mol. The SMILES string of the molecule is CCCCP.CCCCP(CCCC)CCCC. The zero-order valence-corrected chi connectivity index (χ0v) is 15.6. The first-order chi connectivity index (χ1) is 8.76. The highest BCUT2D eigenvalue weighted by Gasteiger charge is 2.05. The van der Waals surface area contributed by atoms with Crippen molar-refractivity contribution in [2.24, 2.45) is 0 Å². The molecule has 0 rings (SSSR count). The van der Waals surface area contributed by atoms with Crippen LogP contribution >= 0.6 is 17.2 Å². The fourth-order valence-corrected chi connectivity index (χ4v) is 5.05. The van der Waals surface area contributed by atoms with Crippen molar-refractivity contribution in [3.8, 4) is 0 Å². The van der Waals surface area contributed by atoms with Crippen molar-refractivity contribution in [3.05, 3.63) is 0 Å². The van der Waals surface area contributed by atoms with Crippen molar-refractivity contribution in [2.45, 2.75) is 79.1 Å². The number of hydrogen-bond acceptors (Lipinski definition) is 0. The van der Waals surface area contributed by atoms with Crippen LogP contribution in [0.1, 0.15) is 79.1 Å². The molecule has 0 aromatic carbocycles. The summed E-state index contributed by atoms with van der Waals surface area (Å²) in [5, 5.41) is 0. The van der Waals surface area contributed by atoms with Gasteiger partial charge in [-0.25, -0.2) is 0 Å². The van der Waals surface area contributed by atoms with Gasteiger partial charge in [-0.1, -0.05) is 59.8 Å². The number of rotatable bonds is 11. The van der Waals surface area contributed by atoms with Gasteiger partial charge in [-0.05, 0) is 43.9 Å². The first-order valence-corrected chi connectivity index (χ1v) is 10.9. The number of unbranched alkanes of at least 4 members (excludes halogenated alkanes) is 4. The third kappa shape index (κ3) is 19.2. The van der Waals surface area contributed by atoms with Gasteiger partial charge >= 0.3 is 0 Å². The molecule has 18 heavy (non-hydrogen) atoms. The molecule has 0 amide bonds. The van der Waals surface area contributed by atoms with E-state index >= 15 is 0 Å². The molecule has 2 heteroatoms. The standard InChI is InChI=1S/C12H27P.C4H11P/c1-4-7-10-13(11-8-5-2)12-9-6-3;1-2-3-4-5/h4-12H2,1-3H3;2-5H2,1H3. The van der Waals surface area contributed by atoms with Gasteiger partial charge in [0.1, 0.15) is 0 Å². The fourth-order valence-electron chi connectivity index (χ4n) is 1.68. The lowest BCUT2D eigenvalue weighted by atomic mass is 10.4. The summed E-state index contributed by atoms with van der Waals surface area (Å²) in [4.78, 5) is 0. The summed E-state index contributed by atoms with van der Waals surface area (Å²) < 4.78 is 0. The Labute approximate surface area is 121 Å². The largest absolute Gasteiger partial charge is 0.138 e. The molecule has 1 atom stereocenters. The smallest absolute Gasteiger partial charge is 0.0326 e. The van der Waals surface area contributed by atoms with Crippen molar-refractivity contribution in [1.82, 2.24) is 0 Å². The summed E-state index contributed by atoms with van der Waals surface area (Å²) in [6, 6.07) is 0. The predicted octanol–water partition coefficient (Wildman–Crippen LogP) is 6.53. The van der Waals surface area contributed by atoms with Crippen LogP contribution in [-0.2, 0) is 0 Å². The van der Waals surface area contributed by atoms with Crippen LogP contribution in [0.2, 0.25) is 0 Å². The summed E-state index contributed by atoms with van der Waals surface area (Å²) >= 11 is 0. The van der Waals surface area contributed by atoms with E-state index in [9.17, 15) is 0 Å². The second-order valence-electron chi connectivity index (χ2n) is 5.04. The minimum absolute atomic E-state index is 0.422. The molecular formula is C16H38P2. The van der Waals surface area contributed by atoms with Gasteiger partial charge in [0.15, 0.2) is 0 Å². The van der Waals surface area contributed by atoms with Crippen LogP contribution in [0, 0.1) is 0 Å². The Balaban J connectivity index is 0. The zero-order valence-electron chi connectivity index (χ0n) is 13.5. The molecule has 0 aromatic rings. The first kappa shape index (κ1) is 21.2. The van der Waals surface area contributed by atoms with E-state index in [0.717, 1.165) is 0 Å². The molecule has 0 spiro atoms. The van der Waals surface area contributed by atoms with E-state index in [1.54, 1.807) is 18.5 Å². The lowest BCUT2D eigenvalue weighted by molar-refractivity contribution is 0.847. The van der Waals surface area contributed by atoms with E-state index in [4.69, 9.17) is 0 Å². The maximum Gasteiger partial charge on any atom is -0.0326 e. The van der Waals surface area contributed by atoms with Gasteiger partial charge in [-0.3, -0.25) is 0 Å². The van der Waals surface area contributed by atoms with Crippen LogP contribution in [0.15, 0.2) is 0 Å². The second-order valence-corrected chi connectivity index (χ2v) is 8.31. The molecule has 0 aliphatic carbocycles. The normalized spacial score (nSPS) is 10.3. The monoisotopic (exact) mass is 292 g/mol. The van der Waals surface area contributed by atoms with Gasteiger partial charge in [0.2, 0.25) is 0 Å². The molecule has 0 nitrogen and oxygen atoms in total. The molecule has 112 valence electrons. The molecular weight excluding hydrogens is 254 g/mol. The Kier molecular flexibility index (Phi) is 23.7. The van der Waals surface area contributed by atoms with Crippen LogP contribution in [0.5, 0.6) is 0 Å². The average molecular weight is 292 g/mol. The minimum Gasteiger partial charge on any atom is -0.138 e. The maximum atomic E-state index is 2.70. The average Bonchev–Trinajstić information content (AvgIpc) is 2.39. The van der Waals surface area contributed by atoms with Gasteiger partial charge in [-0.2, -0.15) is 0 Å². The van der Waals surface area contributed by atoms with Crippen LogP contribution in [0.3, 0.4) is 0 Å². The van der Waals surface area contributed by atoms with Crippen molar-refractivity contribution in [1.29, 1.82) is 0 Å². The molecule has 0 aromatic heterocycles. The summed E-state index contributed by atoms with van der Waals surface area (Å²) in [5.41, 5.74) is 0. The Morgan fingerprint density at radius 3 is 1.11 bits per heavy atom. The van der Waals surface area contributed by atoms with Gasteiger partial charge < -0.3 is 0 Å². The lowest BCUT2D eigenvalue weighted by Crippen LogP contribution is -1.95. The summed E-state index contributed by atoms with van der Waals surface area (Å²) in [7, 11) is 3.12. The quantitative estimate of drug-likeness (QED) is 0.380. The third-order valence-corrected chi connectivity index (χ3v) is 6.30. The minimum atomic E-state index is 0.422. The molecule has 0 saturated heterocycles. The summed E-state index contributed by atoms with van der Waals surface area (Å²) in [6.45, 7) is 9.14. The van der Waals surface area contributed by atoms with E-state index < -0.39 is 0 Å². The molecule has 0 aliphatic rings. The van der Waals surface area contributed by atoms with Crippen LogP contribution in [0.25, 0.3) is 0 Å². The molecule has 0 radical (unpaired) electrons. The third-order valence-electron chi connectivity index (χ3n) is 3.04. The van der Waals surface area contributed by atoms with Gasteiger partial charge in [0.05, 0.1) is 0 Å². The highest BCUT2D eigenvalue weighted by Crippen LogP contribution is 2.38. The van der Waals surface area contributed by atoms with Crippen molar-refractivity contribution < 1.29 is 0 Å². The molecule has 0 saturated carbocycles. The van der Waals surface area contributed by atoms with Crippen molar-refractivity contribution >= 4 is 17.2 Å². The first-order valence-electron chi connectivity index (χ1n) is 8.19. The van der Waals surface area contributed by atoms with E-state index in [2.05, 4.69) is 36.9 Å². The Morgan fingerprint density at radius 2 is 0.944 bits per heavy atom. The van der Waals surface area contributed by atoms with Crippen molar-refractivity contribution in [3.63, 3.8) is 0 Å². The Hall–Kier alpha value is 0.860. The van der Waals surface area contributed by atoms with Crippen LogP contribution < -0.4 is 0 Å². The lowest BCUT2D eigenvalue weighted by Gasteiger charge is -2.16. The van der Waals surface area contributed by atoms with E-state index in [0.29, 0.717) is 7.92 Å². The van der Waals surface area contributed by atoms with E-state index in [1.807, 2.05) is 0 Å². The van der Waals surface area contributed by atoms with E-state index in [1.165, 1.54) is 57.5 Å².